The topological polar surface area (TPSA) is 21.3 Å². The molecule has 0 fully saturated rings. The molecule has 0 spiro atoms. The van der Waals surface area contributed by atoms with E-state index < -0.39 is 0 Å². The largest absolute Gasteiger partial charge is 0.497 e. The molecule has 0 aliphatic heterocycles. The SMILES string of the molecule is CCNC(c1cccc(Cl)c1)c1cc(OC)ccc1Br. The van der Waals surface area contributed by atoms with Gasteiger partial charge in [0.05, 0.1) is 13.2 Å². The lowest BCUT2D eigenvalue weighted by atomic mass is 9.98. The second-order valence-electron chi connectivity index (χ2n) is 4.43. The number of rotatable bonds is 5. The van der Waals surface area contributed by atoms with Crippen molar-refractivity contribution in [2.75, 3.05) is 13.7 Å². The average Bonchev–Trinajstić information content (AvgIpc) is 2.46. The molecular weight excluding hydrogens is 338 g/mol. The minimum absolute atomic E-state index is 0.0724. The molecule has 0 heterocycles. The summed E-state index contributed by atoms with van der Waals surface area (Å²) < 4.78 is 6.37. The third kappa shape index (κ3) is 3.54. The maximum atomic E-state index is 6.11. The first-order chi connectivity index (χ1) is 9.65. The summed E-state index contributed by atoms with van der Waals surface area (Å²) in [5, 5.41) is 4.23. The van der Waals surface area contributed by atoms with Crippen molar-refractivity contribution in [3.63, 3.8) is 0 Å². The van der Waals surface area contributed by atoms with Gasteiger partial charge < -0.3 is 10.1 Å². The van der Waals surface area contributed by atoms with E-state index in [1.165, 1.54) is 0 Å². The van der Waals surface area contributed by atoms with E-state index in [0.29, 0.717) is 0 Å². The smallest absolute Gasteiger partial charge is 0.119 e. The molecule has 1 N–H and O–H groups in total. The monoisotopic (exact) mass is 353 g/mol. The van der Waals surface area contributed by atoms with Crippen LogP contribution in [0.15, 0.2) is 46.9 Å². The number of benzene rings is 2. The highest BCUT2D eigenvalue weighted by Crippen LogP contribution is 2.32. The van der Waals surface area contributed by atoms with Crippen LogP contribution in [0.2, 0.25) is 5.02 Å². The second-order valence-corrected chi connectivity index (χ2v) is 5.72. The van der Waals surface area contributed by atoms with Gasteiger partial charge in [0.2, 0.25) is 0 Å². The van der Waals surface area contributed by atoms with E-state index in [1.807, 2.05) is 36.4 Å². The van der Waals surface area contributed by atoms with Crippen LogP contribution in [0.3, 0.4) is 0 Å². The van der Waals surface area contributed by atoms with Crippen molar-refractivity contribution >= 4 is 27.5 Å². The first kappa shape index (κ1) is 15.4. The second kappa shape index (κ2) is 7.11. The normalized spacial score (nSPS) is 12.2. The molecular formula is C16H17BrClNO. The molecule has 2 aromatic rings. The van der Waals surface area contributed by atoms with Crippen LogP contribution in [0, 0.1) is 0 Å². The number of ether oxygens (including phenoxy) is 1. The Balaban J connectivity index is 2.47. The zero-order valence-electron chi connectivity index (χ0n) is 11.5. The van der Waals surface area contributed by atoms with Gasteiger partial charge in [-0.2, -0.15) is 0 Å². The van der Waals surface area contributed by atoms with Crippen molar-refractivity contribution in [3.8, 4) is 5.75 Å². The molecule has 2 nitrogen and oxygen atoms in total. The molecule has 1 atom stereocenters. The lowest BCUT2D eigenvalue weighted by molar-refractivity contribution is 0.413. The fraction of sp³-hybridized carbons (Fsp3) is 0.250. The fourth-order valence-electron chi connectivity index (χ4n) is 2.17. The van der Waals surface area contributed by atoms with E-state index in [2.05, 4.69) is 34.2 Å². The van der Waals surface area contributed by atoms with Gasteiger partial charge in [-0.05, 0) is 48.0 Å². The summed E-state index contributed by atoms with van der Waals surface area (Å²) in [6.07, 6.45) is 0. The highest BCUT2D eigenvalue weighted by molar-refractivity contribution is 9.10. The summed E-state index contributed by atoms with van der Waals surface area (Å²) in [6, 6.07) is 14.0. The Morgan fingerprint density at radius 3 is 2.70 bits per heavy atom. The lowest BCUT2D eigenvalue weighted by Gasteiger charge is -2.21. The zero-order valence-corrected chi connectivity index (χ0v) is 13.8. The Hall–Kier alpha value is -1.03. The van der Waals surface area contributed by atoms with Crippen LogP contribution in [0.5, 0.6) is 5.75 Å². The van der Waals surface area contributed by atoms with Crippen LogP contribution in [-0.2, 0) is 0 Å². The van der Waals surface area contributed by atoms with Crippen LogP contribution in [0.25, 0.3) is 0 Å². The molecule has 4 heteroatoms. The zero-order chi connectivity index (χ0) is 14.5. The summed E-state index contributed by atoms with van der Waals surface area (Å²) >= 11 is 9.73. The van der Waals surface area contributed by atoms with Gasteiger partial charge in [0.25, 0.3) is 0 Å². The van der Waals surface area contributed by atoms with Crippen molar-refractivity contribution in [2.24, 2.45) is 0 Å². The number of hydrogen-bond acceptors (Lipinski definition) is 2. The molecule has 0 aliphatic carbocycles. The lowest BCUT2D eigenvalue weighted by Crippen LogP contribution is -2.22. The van der Waals surface area contributed by atoms with Crippen LogP contribution in [0.1, 0.15) is 24.1 Å². The third-order valence-corrected chi connectivity index (χ3v) is 4.06. The van der Waals surface area contributed by atoms with Gasteiger partial charge >= 0.3 is 0 Å². The Morgan fingerprint density at radius 1 is 1.25 bits per heavy atom. The van der Waals surface area contributed by atoms with Gasteiger partial charge in [0.15, 0.2) is 0 Å². The minimum atomic E-state index is 0.0724. The number of nitrogens with one attached hydrogen (secondary N) is 1. The van der Waals surface area contributed by atoms with Crippen molar-refractivity contribution < 1.29 is 4.74 Å². The quantitative estimate of drug-likeness (QED) is 0.832. The predicted octanol–water partition coefficient (Wildman–Crippen LogP) is 4.81. The van der Waals surface area contributed by atoms with Crippen LogP contribution < -0.4 is 10.1 Å². The maximum absolute atomic E-state index is 6.11. The Kier molecular flexibility index (Phi) is 5.46. The highest BCUT2D eigenvalue weighted by Gasteiger charge is 2.17. The van der Waals surface area contributed by atoms with Gasteiger partial charge in [-0.25, -0.2) is 0 Å². The molecule has 1 unspecified atom stereocenters. The van der Waals surface area contributed by atoms with Gasteiger partial charge in [-0.1, -0.05) is 46.6 Å². The molecule has 0 saturated carbocycles. The van der Waals surface area contributed by atoms with Crippen LogP contribution >= 0.6 is 27.5 Å². The molecule has 0 aliphatic rings. The molecule has 0 amide bonds. The van der Waals surface area contributed by atoms with Gasteiger partial charge in [-0.3, -0.25) is 0 Å². The summed E-state index contributed by atoms with van der Waals surface area (Å²) in [6.45, 7) is 2.95. The van der Waals surface area contributed by atoms with Crippen molar-refractivity contribution in [1.29, 1.82) is 0 Å². The first-order valence-electron chi connectivity index (χ1n) is 6.48. The standard InChI is InChI=1S/C16H17BrClNO/c1-3-19-16(11-5-4-6-12(18)9-11)14-10-13(20-2)7-8-15(14)17/h4-10,16,19H,3H2,1-2H3. The van der Waals surface area contributed by atoms with Crippen LogP contribution in [-0.4, -0.2) is 13.7 Å². The van der Waals surface area contributed by atoms with Crippen LogP contribution in [0.4, 0.5) is 0 Å². The van der Waals surface area contributed by atoms with E-state index >= 15 is 0 Å². The molecule has 20 heavy (non-hydrogen) atoms. The molecule has 0 aromatic heterocycles. The average molecular weight is 355 g/mol. The van der Waals surface area contributed by atoms with E-state index in [-0.39, 0.29) is 6.04 Å². The number of hydrogen-bond donors (Lipinski definition) is 1. The Morgan fingerprint density at radius 2 is 2.05 bits per heavy atom. The summed E-state index contributed by atoms with van der Waals surface area (Å²) in [5.74, 6) is 0.841. The summed E-state index contributed by atoms with van der Waals surface area (Å²) in [4.78, 5) is 0. The minimum Gasteiger partial charge on any atom is -0.497 e. The molecule has 106 valence electrons. The van der Waals surface area contributed by atoms with Crippen molar-refractivity contribution in [1.82, 2.24) is 5.32 Å². The van der Waals surface area contributed by atoms with Crippen molar-refractivity contribution in [2.45, 2.75) is 13.0 Å². The van der Waals surface area contributed by atoms with Gasteiger partial charge in [-0.15, -0.1) is 0 Å². The van der Waals surface area contributed by atoms with E-state index in [9.17, 15) is 0 Å². The predicted molar refractivity (Wildman–Crippen MR) is 87.7 cm³/mol. The van der Waals surface area contributed by atoms with E-state index in [0.717, 1.165) is 32.9 Å². The maximum Gasteiger partial charge on any atom is 0.119 e. The number of halogens is 2. The van der Waals surface area contributed by atoms with E-state index in [1.54, 1.807) is 7.11 Å². The summed E-state index contributed by atoms with van der Waals surface area (Å²) in [7, 11) is 1.68. The molecule has 0 saturated heterocycles. The fourth-order valence-corrected chi connectivity index (χ4v) is 2.84. The summed E-state index contributed by atoms with van der Waals surface area (Å²) in [5.41, 5.74) is 2.27. The van der Waals surface area contributed by atoms with Gasteiger partial charge in [0.1, 0.15) is 5.75 Å². The van der Waals surface area contributed by atoms with E-state index in [4.69, 9.17) is 16.3 Å². The highest BCUT2D eigenvalue weighted by atomic mass is 79.9. The Labute approximate surface area is 133 Å². The first-order valence-corrected chi connectivity index (χ1v) is 7.65. The van der Waals surface area contributed by atoms with Gasteiger partial charge in [0, 0.05) is 9.50 Å². The number of methoxy groups -OCH3 is 1. The molecule has 0 bridgehead atoms. The molecule has 2 aromatic carbocycles. The molecule has 2 rings (SSSR count). The molecule has 0 radical (unpaired) electrons. The third-order valence-electron chi connectivity index (χ3n) is 3.10. The van der Waals surface area contributed by atoms with Crippen molar-refractivity contribution in [3.05, 3.63) is 63.1 Å². The Bertz CT molecular complexity index is 588.